The van der Waals surface area contributed by atoms with Crippen LogP contribution in [0.25, 0.3) is 0 Å². The van der Waals surface area contributed by atoms with E-state index < -0.39 is 26.4 Å². The molecule has 0 aliphatic rings. The van der Waals surface area contributed by atoms with Crippen LogP contribution in [-0.4, -0.2) is 25.5 Å². The molecule has 0 unspecified atom stereocenters. The number of aromatic hydroxyl groups is 1. The van der Waals surface area contributed by atoms with E-state index in [1.807, 2.05) is 35.2 Å². The first kappa shape index (κ1) is 19.2. The monoisotopic (exact) mass is 399 g/mol. The molecule has 0 bridgehead atoms. The van der Waals surface area contributed by atoms with Crippen molar-refractivity contribution in [1.29, 1.82) is 0 Å². The fourth-order valence-corrected chi connectivity index (χ4v) is 3.76. The average molecular weight is 399 g/mol. The molecule has 0 radical (unpaired) electrons. The van der Waals surface area contributed by atoms with Crippen molar-refractivity contribution in [3.05, 3.63) is 82.9 Å². The maximum absolute atomic E-state index is 12.8. The van der Waals surface area contributed by atoms with E-state index in [1.54, 1.807) is 31.3 Å². The number of hydrogen-bond donors (Lipinski definition) is 2. The fourth-order valence-electron chi connectivity index (χ4n) is 2.66. The Morgan fingerprint density at radius 2 is 1.64 bits per heavy atom. The van der Waals surface area contributed by atoms with Crippen molar-refractivity contribution in [2.45, 2.75) is 4.90 Å². The van der Waals surface area contributed by atoms with Crippen molar-refractivity contribution >= 4 is 32.8 Å². The quantitative estimate of drug-likeness (QED) is 0.481. The lowest BCUT2D eigenvalue weighted by Gasteiger charge is -2.23. The Morgan fingerprint density at radius 3 is 2.32 bits per heavy atom. The number of nitrogens with one attached hydrogen (secondary N) is 1. The molecule has 0 atom stereocenters. The number of phenols is 1. The number of para-hydroxylation sites is 3. The van der Waals surface area contributed by atoms with Gasteiger partial charge in [0.25, 0.3) is 10.0 Å². The maximum Gasteiger partial charge on any atom is 0.312 e. The lowest BCUT2D eigenvalue weighted by atomic mass is 10.2. The summed E-state index contributed by atoms with van der Waals surface area (Å²) in [5.74, 6) is -0.604. The number of phenolic OH excluding ortho intramolecular Hbond substituents is 1. The van der Waals surface area contributed by atoms with Crippen LogP contribution in [0.5, 0.6) is 5.75 Å². The predicted octanol–water partition coefficient (Wildman–Crippen LogP) is 3.87. The smallest absolute Gasteiger partial charge is 0.312 e. The first-order valence-electron chi connectivity index (χ1n) is 8.17. The summed E-state index contributed by atoms with van der Waals surface area (Å²) in [6.45, 7) is 0. The molecule has 0 saturated heterocycles. The van der Waals surface area contributed by atoms with E-state index in [4.69, 9.17) is 0 Å². The minimum atomic E-state index is -4.12. The summed E-state index contributed by atoms with van der Waals surface area (Å²) in [7, 11) is -2.32. The number of hydrogen-bond acceptors (Lipinski definition) is 6. The summed E-state index contributed by atoms with van der Waals surface area (Å²) in [5, 5.41) is 20.5. The Hall–Kier alpha value is -3.59. The summed E-state index contributed by atoms with van der Waals surface area (Å²) in [6.07, 6.45) is 0. The van der Waals surface area contributed by atoms with Gasteiger partial charge in [-0.15, -0.1) is 0 Å². The summed E-state index contributed by atoms with van der Waals surface area (Å²) >= 11 is 0. The SMILES string of the molecule is CN(c1ccccc1)c1ccccc1NS(=O)(=O)c1ccc(O)c([N+](=O)[O-])c1. The number of sulfonamides is 1. The zero-order valence-corrected chi connectivity index (χ0v) is 15.6. The van der Waals surface area contributed by atoms with Crippen molar-refractivity contribution in [3.8, 4) is 5.75 Å². The van der Waals surface area contributed by atoms with Crippen molar-refractivity contribution in [2.75, 3.05) is 16.7 Å². The Bertz CT molecular complexity index is 1120. The van der Waals surface area contributed by atoms with Crippen LogP contribution in [0.1, 0.15) is 0 Å². The number of nitrogens with zero attached hydrogens (tertiary/aromatic N) is 2. The van der Waals surface area contributed by atoms with E-state index in [0.29, 0.717) is 11.4 Å². The van der Waals surface area contributed by atoms with Crippen LogP contribution in [0.15, 0.2) is 77.7 Å². The summed E-state index contributed by atoms with van der Waals surface area (Å²) in [5.41, 5.74) is 1.09. The molecule has 0 amide bonds. The van der Waals surface area contributed by atoms with Crippen molar-refractivity contribution in [3.63, 3.8) is 0 Å². The minimum absolute atomic E-state index is 0.310. The molecule has 2 N–H and O–H groups in total. The molecule has 3 aromatic rings. The third-order valence-electron chi connectivity index (χ3n) is 4.11. The van der Waals surface area contributed by atoms with Gasteiger partial charge in [-0.25, -0.2) is 8.42 Å². The van der Waals surface area contributed by atoms with Crippen LogP contribution >= 0.6 is 0 Å². The lowest BCUT2D eigenvalue weighted by Crippen LogP contribution is -2.17. The highest BCUT2D eigenvalue weighted by Gasteiger charge is 2.22. The zero-order valence-electron chi connectivity index (χ0n) is 14.8. The van der Waals surface area contributed by atoms with E-state index >= 15 is 0 Å². The van der Waals surface area contributed by atoms with Crippen LogP contribution < -0.4 is 9.62 Å². The van der Waals surface area contributed by atoms with Gasteiger partial charge in [0, 0.05) is 18.8 Å². The number of nitro benzene ring substituents is 1. The molecule has 3 rings (SSSR count). The van der Waals surface area contributed by atoms with Crippen molar-refractivity contribution in [2.24, 2.45) is 0 Å². The topological polar surface area (TPSA) is 113 Å². The second-order valence-electron chi connectivity index (χ2n) is 5.92. The summed E-state index contributed by atoms with van der Waals surface area (Å²) in [6, 6.07) is 19.1. The third-order valence-corrected chi connectivity index (χ3v) is 5.47. The van der Waals surface area contributed by atoms with Crippen LogP contribution in [0.4, 0.5) is 22.7 Å². The standard InChI is InChI=1S/C19H17N3O5S/c1-21(14-7-3-2-4-8-14)17-10-6-5-9-16(17)20-28(26,27)15-11-12-19(23)18(13-15)22(24)25/h2-13,20,23H,1H3. The normalized spacial score (nSPS) is 11.0. The molecule has 0 aliphatic heterocycles. The maximum atomic E-state index is 12.8. The largest absolute Gasteiger partial charge is 0.502 e. The number of benzene rings is 3. The molecule has 0 aliphatic carbocycles. The fraction of sp³-hybridized carbons (Fsp3) is 0.0526. The van der Waals surface area contributed by atoms with Gasteiger partial charge in [0.15, 0.2) is 5.75 Å². The average Bonchev–Trinajstić information content (AvgIpc) is 2.68. The molecule has 0 saturated carbocycles. The molecule has 8 nitrogen and oxygen atoms in total. The summed E-state index contributed by atoms with van der Waals surface area (Å²) < 4.78 is 28.0. The molecule has 28 heavy (non-hydrogen) atoms. The van der Waals surface area contributed by atoms with E-state index in [1.165, 1.54) is 0 Å². The van der Waals surface area contributed by atoms with Gasteiger partial charge in [-0.05, 0) is 36.4 Å². The second-order valence-corrected chi connectivity index (χ2v) is 7.61. The molecular formula is C19H17N3O5S. The molecule has 0 aromatic heterocycles. The van der Waals surface area contributed by atoms with Gasteiger partial charge >= 0.3 is 5.69 Å². The Kier molecular flexibility index (Phi) is 5.18. The minimum Gasteiger partial charge on any atom is -0.502 e. The van der Waals surface area contributed by atoms with E-state index in [-0.39, 0.29) is 4.90 Å². The Morgan fingerprint density at radius 1 is 1.00 bits per heavy atom. The molecular weight excluding hydrogens is 382 g/mol. The van der Waals surface area contributed by atoms with Gasteiger partial charge in [0.05, 0.1) is 21.2 Å². The molecule has 144 valence electrons. The van der Waals surface area contributed by atoms with Crippen LogP contribution in [-0.2, 0) is 10.0 Å². The number of nitro groups is 1. The van der Waals surface area contributed by atoms with Crippen LogP contribution in [0.3, 0.4) is 0 Å². The highest BCUT2D eigenvalue weighted by molar-refractivity contribution is 7.92. The van der Waals surface area contributed by atoms with Crippen molar-refractivity contribution < 1.29 is 18.4 Å². The third kappa shape index (κ3) is 3.89. The van der Waals surface area contributed by atoms with Gasteiger partial charge in [-0.3, -0.25) is 14.8 Å². The zero-order chi connectivity index (χ0) is 20.3. The van der Waals surface area contributed by atoms with Gasteiger partial charge in [0.1, 0.15) is 0 Å². The molecule has 0 heterocycles. The van der Waals surface area contributed by atoms with E-state index in [9.17, 15) is 23.6 Å². The molecule has 0 spiro atoms. The highest BCUT2D eigenvalue weighted by atomic mass is 32.2. The Balaban J connectivity index is 1.98. The van der Waals surface area contributed by atoms with Gasteiger partial charge < -0.3 is 10.0 Å². The molecule has 9 heteroatoms. The van der Waals surface area contributed by atoms with Crippen molar-refractivity contribution in [1.82, 2.24) is 0 Å². The highest BCUT2D eigenvalue weighted by Crippen LogP contribution is 2.33. The van der Waals surface area contributed by atoms with Crippen LogP contribution in [0, 0.1) is 10.1 Å². The lowest BCUT2D eigenvalue weighted by molar-refractivity contribution is -0.386. The van der Waals surface area contributed by atoms with Gasteiger partial charge in [-0.1, -0.05) is 30.3 Å². The first-order valence-corrected chi connectivity index (χ1v) is 9.66. The summed E-state index contributed by atoms with van der Waals surface area (Å²) in [4.78, 5) is 11.6. The van der Waals surface area contributed by atoms with E-state index in [2.05, 4.69) is 4.72 Å². The van der Waals surface area contributed by atoms with E-state index in [0.717, 1.165) is 23.9 Å². The number of anilines is 3. The number of rotatable bonds is 6. The second kappa shape index (κ2) is 7.57. The predicted molar refractivity (Wildman–Crippen MR) is 107 cm³/mol. The Labute approximate surface area is 161 Å². The van der Waals surface area contributed by atoms with Gasteiger partial charge in [0.2, 0.25) is 0 Å². The first-order chi connectivity index (χ1) is 13.3. The van der Waals surface area contributed by atoms with Crippen LogP contribution in [0.2, 0.25) is 0 Å². The molecule has 3 aromatic carbocycles. The molecule has 0 fully saturated rings. The van der Waals surface area contributed by atoms with Gasteiger partial charge in [-0.2, -0.15) is 0 Å².